The van der Waals surface area contributed by atoms with E-state index in [9.17, 15) is 46.1 Å². The molecule has 2 aromatic heterocycles. The van der Waals surface area contributed by atoms with Crippen LogP contribution in [0.1, 0.15) is 23.5 Å². The number of aliphatic hydroxyl groups is 3. The molecule has 43 heavy (non-hydrogen) atoms. The molecule has 0 radical (unpaired) electrons. The van der Waals surface area contributed by atoms with Gasteiger partial charge in [0.25, 0.3) is 0 Å². The zero-order valence-corrected chi connectivity index (χ0v) is 23.9. The van der Waals surface area contributed by atoms with Crippen LogP contribution in [0, 0.1) is 28.0 Å². The molecule has 20 heteroatoms. The first-order valence-electron chi connectivity index (χ1n) is 11.8. The fourth-order valence-electron chi connectivity index (χ4n) is 4.66. The van der Waals surface area contributed by atoms with E-state index >= 15 is 0 Å². The molecule has 5 atom stereocenters. The highest BCUT2D eigenvalue weighted by atomic mass is 79.9. The molecule has 1 aliphatic heterocycles. The number of H-pyrrole nitrogens is 1. The second-order valence-corrected chi connectivity index (χ2v) is 10.8. The standard InChI is InChI=1S/C23H15BrClF7N6O4S/c24-12-15(28)13(26)11(14(27)16(12)29)8-4-37(36-33-8)17-18(40)10(5-39)42-20(19(17)41)21-34-35-22(43)38(21)9-3-6(25)1-2-7(9)23(30,31)32/h1-4,10,17-20,39-41H,5H2,(H,35,43)/t10-,17+,18+,19-,20-/m1/s1. The van der Waals surface area contributed by atoms with Gasteiger partial charge in [0.05, 0.1) is 34.1 Å². The molecule has 0 bridgehead atoms. The van der Waals surface area contributed by atoms with Crippen molar-refractivity contribution >= 4 is 39.7 Å². The first-order valence-corrected chi connectivity index (χ1v) is 13.4. The Morgan fingerprint density at radius 3 is 2.33 bits per heavy atom. The molecule has 1 fully saturated rings. The topological polar surface area (TPSA) is 134 Å². The molecule has 4 aromatic rings. The Bertz CT molecular complexity index is 1740. The van der Waals surface area contributed by atoms with E-state index < -0.39 is 99.3 Å². The molecular formula is C23H15BrClF7N6O4S. The first kappa shape index (κ1) is 31.5. The minimum absolute atomic E-state index is 0.112. The van der Waals surface area contributed by atoms with Crippen molar-refractivity contribution in [2.75, 3.05) is 6.61 Å². The molecular weight excluding hydrogens is 705 g/mol. The van der Waals surface area contributed by atoms with Gasteiger partial charge in [-0.2, -0.15) is 18.3 Å². The average Bonchev–Trinajstić information content (AvgIpc) is 3.57. The smallest absolute Gasteiger partial charge is 0.394 e. The van der Waals surface area contributed by atoms with Crippen LogP contribution in [0.25, 0.3) is 16.9 Å². The maximum atomic E-state index is 14.6. The predicted molar refractivity (Wildman–Crippen MR) is 138 cm³/mol. The van der Waals surface area contributed by atoms with Crippen molar-refractivity contribution in [3.8, 4) is 16.9 Å². The molecule has 1 saturated heterocycles. The summed E-state index contributed by atoms with van der Waals surface area (Å²) in [6, 6.07) is 0.955. The Morgan fingerprint density at radius 1 is 1.07 bits per heavy atom. The third-order valence-corrected chi connectivity index (χ3v) is 7.84. The lowest BCUT2D eigenvalue weighted by Gasteiger charge is -2.41. The number of rotatable bonds is 5. The SMILES string of the molecule is OC[C@H]1O[C@@H](c2n[nH]c(=S)n2-c2cc(Cl)ccc2C(F)(F)F)[C@H](O)[C@@H](n2cc(-c3c(F)c(F)c(Br)c(F)c3F)nn2)[C@H]1O. The van der Waals surface area contributed by atoms with Crippen molar-refractivity contribution in [3.05, 3.63) is 73.3 Å². The Morgan fingerprint density at radius 2 is 1.72 bits per heavy atom. The second-order valence-electron chi connectivity index (χ2n) is 9.16. The molecule has 0 saturated carbocycles. The Hall–Kier alpha value is -2.94. The van der Waals surface area contributed by atoms with E-state index in [0.717, 1.165) is 22.9 Å². The van der Waals surface area contributed by atoms with Gasteiger partial charge in [0.1, 0.15) is 36.2 Å². The highest BCUT2D eigenvalue weighted by Crippen LogP contribution is 2.41. The van der Waals surface area contributed by atoms with E-state index in [1.807, 2.05) is 0 Å². The van der Waals surface area contributed by atoms with Gasteiger partial charge in [-0.05, 0) is 46.3 Å². The maximum absolute atomic E-state index is 14.6. The summed E-state index contributed by atoms with van der Waals surface area (Å²) in [7, 11) is 0. The Balaban J connectivity index is 1.62. The zero-order valence-electron chi connectivity index (χ0n) is 20.7. The molecule has 5 rings (SSSR count). The summed E-state index contributed by atoms with van der Waals surface area (Å²) in [6.45, 7) is -0.898. The number of nitrogens with zero attached hydrogens (tertiary/aromatic N) is 5. The number of aromatic amines is 1. The largest absolute Gasteiger partial charge is 0.418 e. The van der Waals surface area contributed by atoms with Crippen molar-refractivity contribution in [3.63, 3.8) is 0 Å². The summed E-state index contributed by atoms with van der Waals surface area (Å²) in [5.74, 6) is -7.63. The molecule has 10 nitrogen and oxygen atoms in total. The van der Waals surface area contributed by atoms with Crippen LogP contribution in [-0.2, 0) is 10.9 Å². The van der Waals surface area contributed by atoms with Gasteiger partial charge in [-0.3, -0.25) is 9.67 Å². The number of aromatic nitrogens is 6. The number of aliphatic hydroxyl groups excluding tert-OH is 3. The minimum Gasteiger partial charge on any atom is -0.394 e. The van der Waals surface area contributed by atoms with Gasteiger partial charge in [0.15, 0.2) is 33.9 Å². The lowest BCUT2D eigenvalue weighted by atomic mass is 9.92. The van der Waals surface area contributed by atoms with Crippen LogP contribution in [0.2, 0.25) is 5.02 Å². The fourth-order valence-corrected chi connectivity index (χ4v) is 5.41. The van der Waals surface area contributed by atoms with Crippen LogP contribution < -0.4 is 0 Å². The second kappa shape index (κ2) is 11.5. The molecule has 0 unspecified atom stereocenters. The van der Waals surface area contributed by atoms with Crippen molar-refractivity contribution < 1.29 is 50.8 Å². The number of nitrogens with one attached hydrogen (secondary N) is 1. The monoisotopic (exact) mass is 718 g/mol. The number of hydrogen-bond acceptors (Lipinski definition) is 8. The zero-order chi connectivity index (χ0) is 31.5. The lowest BCUT2D eigenvalue weighted by molar-refractivity contribution is -0.210. The Kier molecular flexibility index (Phi) is 8.44. The van der Waals surface area contributed by atoms with Gasteiger partial charge >= 0.3 is 6.18 Å². The van der Waals surface area contributed by atoms with Crippen LogP contribution in [0.5, 0.6) is 0 Å². The first-order chi connectivity index (χ1) is 20.2. The van der Waals surface area contributed by atoms with Gasteiger partial charge in [-0.15, -0.1) is 5.10 Å². The number of alkyl halides is 3. The van der Waals surface area contributed by atoms with Crippen LogP contribution >= 0.6 is 39.7 Å². The number of benzene rings is 2. The van der Waals surface area contributed by atoms with Gasteiger partial charge in [0.2, 0.25) is 0 Å². The van der Waals surface area contributed by atoms with Crippen molar-refractivity contribution in [1.82, 2.24) is 29.8 Å². The predicted octanol–water partition coefficient (Wildman–Crippen LogP) is 4.57. The number of halogens is 9. The maximum Gasteiger partial charge on any atom is 0.418 e. The molecule has 0 spiro atoms. The van der Waals surface area contributed by atoms with E-state index in [1.165, 1.54) is 0 Å². The summed E-state index contributed by atoms with van der Waals surface area (Å²) >= 11 is 13.5. The van der Waals surface area contributed by atoms with Crippen LogP contribution in [-0.4, -0.2) is 70.0 Å². The molecule has 1 aliphatic rings. The molecule has 0 aliphatic carbocycles. The van der Waals surface area contributed by atoms with Crippen molar-refractivity contribution in [2.45, 2.75) is 36.6 Å². The molecule has 0 amide bonds. The summed E-state index contributed by atoms with van der Waals surface area (Å²) in [5, 5.41) is 45.3. The third kappa shape index (κ3) is 5.36. The summed E-state index contributed by atoms with van der Waals surface area (Å²) < 4.78 is 105. The van der Waals surface area contributed by atoms with Gasteiger partial charge < -0.3 is 20.1 Å². The number of hydrogen-bond donors (Lipinski definition) is 4. The van der Waals surface area contributed by atoms with E-state index in [4.69, 9.17) is 28.6 Å². The van der Waals surface area contributed by atoms with Crippen LogP contribution in [0.4, 0.5) is 30.7 Å². The minimum atomic E-state index is -4.89. The molecule has 2 aromatic carbocycles. The van der Waals surface area contributed by atoms with E-state index in [2.05, 4.69) is 36.4 Å². The summed E-state index contributed by atoms with van der Waals surface area (Å²) in [4.78, 5) is 0. The van der Waals surface area contributed by atoms with Gasteiger partial charge in [0, 0.05) is 5.02 Å². The van der Waals surface area contributed by atoms with Crippen LogP contribution in [0.3, 0.4) is 0 Å². The Labute approximate surface area is 253 Å². The highest BCUT2D eigenvalue weighted by Gasteiger charge is 2.49. The normalized spacial score (nSPS) is 22.7. The van der Waals surface area contributed by atoms with Crippen molar-refractivity contribution in [1.29, 1.82) is 0 Å². The molecule has 4 N–H and O–H groups in total. The van der Waals surface area contributed by atoms with E-state index in [-0.39, 0.29) is 9.79 Å². The quantitative estimate of drug-likeness (QED) is 0.102. The summed E-state index contributed by atoms with van der Waals surface area (Å²) in [6.07, 6.45) is -11.2. The average molecular weight is 720 g/mol. The molecule has 3 heterocycles. The van der Waals surface area contributed by atoms with E-state index in [0.29, 0.717) is 10.7 Å². The van der Waals surface area contributed by atoms with Gasteiger partial charge in [-0.25, -0.2) is 22.2 Å². The fraction of sp³-hybridized carbons (Fsp3) is 0.304. The lowest BCUT2D eigenvalue weighted by Crippen LogP contribution is -2.53. The number of ether oxygens (including phenoxy) is 1. The highest BCUT2D eigenvalue weighted by molar-refractivity contribution is 9.10. The van der Waals surface area contributed by atoms with E-state index in [1.54, 1.807) is 0 Å². The van der Waals surface area contributed by atoms with Crippen molar-refractivity contribution in [2.24, 2.45) is 0 Å². The van der Waals surface area contributed by atoms with Crippen LogP contribution in [0.15, 0.2) is 28.9 Å². The molecule has 230 valence electrons. The summed E-state index contributed by atoms with van der Waals surface area (Å²) in [5.41, 5.74) is -3.78. The third-order valence-electron chi connectivity index (χ3n) is 6.63. The van der Waals surface area contributed by atoms with Gasteiger partial charge in [-0.1, -0.05) is 16.8 Å².